The van der Waals surface area contributed by atoms with Gasteiger partial charge in [0.2, 0.25) is 0 Å². The molecule has 0 N–H and O–H groups in total. The number of ether oxygens (including phenoxy) is 3. The maximum absolute atomic E-state index is 12.9. The summed E-state index contributed by atoms with van der Waals surface area (Å²) in [4.78, 5) is 38.2. The van der Waals surface area contributed by atoms with Gasteiger partial charge >= 0.3 is 17.9 Å². The third-order valence-corrected chi connectivity index (χ3v) is 12.7. The first-order valence-electron chi connectivity index (χ1n) is 31.8. The smallest absolute Gasteiger partial charge is 0.306 e. The van der Waals surface area contributed by atoms with Crippen molar-refractivity contribution in [2.75, 3.05) is 13.2 Å². The summed E-state index contributed by atoms with van der Waals surface area (Å²) in [5.74, 6) is -1.00. The number of carbonyl (C=O) groups excluding carboxylic acids is 3. The van der Waals surface area contributed by atoms with Crippen LogP contribution in [0.15, 0.2) is 182 Å². The second-order valence-electron chi connectivity index (χ2n) is 20.2. The van der Waals surface area contributed by atoms with Crippen LogP contribution in [0.3, 0.4) is 0 Å². The fourth-order valence-electron chi connectivity index (χ4n) is 7.97. The van der Waals surface area contributed by atoms with Crippen LogP contribution in [-0.4, -0.2) is 37.2 Å². The maximum Gasteiger partial charge on any atom is 0.306 e. The summed E-state index contributed by atoms with van der Waals surface area (Å²) in [5.41, 5.74) is 0. The van der Waals surface area contributed by atoms with Crippen LogP contribution < -0.4 is 0 Å². The Morgan fingerprint density at radius 3 is 0.787 bits per heavy atom. The molecule has 0 aliphatic carbocycles. The fraction of sp³-hybridized carbons (Fsp3) is 0.554. The lowest BCUT2D eigenvalue weighted by Gasteiger charge is -2.18. The third kappa shape index (κ3) is 63.3. The molecule has 1 atom stereocenters. The standard InChI is InChI=1S/C74H114O6/c1-4-7-10-13-16-19-22-24-26-28-30-32-34-36-37-39-40-42-44-46-48-50-52-55-58-61-64-67-73(76)79-70-71(69-78-72(75)66-63-60-57-54-21-18-15-12-9-6-3)80-74(77)68-65-62-59-56-53-51-49-47-45-43-41-38-35-33-31-29-27-25-23-20-17-14-11-8-5-2/h7-8,10-11,16-17,19-20,24-27,30-33,36-38,40-42,45-48,51-53,55,71H,4-6,9,12-15,18,21-23,28-29,34-35,39,43-44,49-50,54,56-70H2,1-3H3/b10-7-,11-8-,19-16-,20-17-,26-24-,27-25-,32-30-,33-31-,37-36-,41-38-,42-40-,47-45-,48-46-,53-51-,55-52-. The molecule has 0 bridgehead atoms. The van der Waals surface area contributed by atoms with E-state index in [1.54, 1.807) is 0 Å². The van der Waals surface area contributed by atoms with Crippen molar-refractivity contribution >= 4 is 17.9 Å². The Balaban J connectivity index is 4.47. The summed E-state index contributed by atoms with van der Waals surface area (Å²) >= 11 is 0. The zero-order valence-corrected chi connectivity index (χ0v) is 51.0. The average molecular weight is 1100 g/mol. The van der Waals surface area contributed by atoms with Gasteiger partial charge in [0.25, 0.3) is 0 Å². The number of carbonyl (C=O) groups is 3. The number of allylic oxidation sites excluding steroid dienone is 30. The van der Waals surface area contributed by atoms with E-state index in [0.717, 1.165) is 148 Å². The number of hydrogen-bond donors (Lipinski definition) is 0. The minimum atomic E-state index is -0.824. The van der Waals surface area contributed by atoms with Crippen LogP contribution in [0.4, 0.5) is 0 Å². The molecule has 0 aromatic rings. The summed E-state index contributed by atoms with van der Waals surface area (Å²) in [5, 5.41) is 0. The van der Waals surface area contributed by atoms with Gasteiger partial charge < -0.3 is 14.2 Å². The van der Waals surface area contributed by atoms with Crippen LogP contribution in [0.1, 0.15) is 245 Å². The van der Waals surface area contributed by atoms with E-state index in [1.807, 2.05) is 0 Å². The molecule has 0 saturated carbocycles. The molecule has 0 aliphatic heterocycles. The molecule has 0 amide bonds. The Kier molecular flexibility index (Phi) is 61.5. The van der Waals surface area contributed by atoms with E-state index in [4.69, 9.17) is 14.2 Å². The second-order valence-corrected chi connectivity index (χ2v) is 20.2. The quantitative estimate of drug-likeness (QED) is 0.0261. The fourth-order valence-corrected chi connectivity index (χ4v) is 7.97. The predicted octanol–water partition coefficient (Wildman–Crippen LogP) is 22.0. The molecule has 0 aromatic heterocycles. The predicted molar refractivity (Wildman–Crippen MR) is 348 cm³/mol. The van der Waals surface area contributed by atoms with E-state index < -0.39 is 6.10 Å². The molecule has 0 spiro atoms. The van der Waals surface area contributed by atoms with Gasteiger partial charge in [-0.15, -0.1) is 0 Å². The number of esters is 3. The molecule has 0 fully saturated rings. The normalized spacial score (nSPS) is 13.4. The van der Waals surface area contributed by atoms with Gasteiger partial charge in [0, 0.05) is 19.3 Å². The number of rotatable bonds is 55. The molecule has 6 heteroatoms. The Morgan fingerprint density at radius 1 is 0.263 bits per heavy atom. The molecule has 0 heterocycles. The van der Waals surface area contributed by atoms with E-state index in [9.17, 15) is 14.4 Å². The average Bonchev–Trinajstić information content (AvgIpc) is 3.46. The van der Waals surface area contributed by atoms with Crippen LogP contribution in [0.5, 0.6) is 0 Å². The van der Waals surface area contributed by atoms with Crippen LogP contribution in [0, 0.1) is 0 Å². The van der Waals surface area contributed by atoms with Gasteiger partial charge in [-0.25, -0.2) is 0 Å². The molecule has 0 aliphatic rings. The highest BCUT2D eigenvalue weighted by atomic mass is 16.6. The molecular weight excluding hydrogens is 985 g/mol. The van der Waals surface area contributed by atoms with Gasteiger partial charge in [0.1, 0.15) is 13.2 Å². The molecule has 1 unspecified atom stereocenters. The summed E-state index contributed by atoms with van der Waals surface area (Å²) in [6.07, 6.45) is 99.0. The van der Waals surface area contributed by atoms with Crippen LogP contribution >= 0.6 is 0 Å². The number of unbranched alkanes of at least 4 members (excludes halogenated alkanes) is 14. The lowest BCUT2D eigenvalue weighted by molar-refractivity contribution is -0.167. The first-order chi connectivity index (χ1) is 39.5. The van der Waals surface area contributed by atoms with Gasteiger partial charge in [-0.1, -0.05) is 267 Å². The molecular formula is C74H114O6. The molecule has 80 heavy (non-hydrogen) atoms. The Bertz CT molecular complexity index is 1890. The largest absolute Gasteiger partial charge is 0.462 e. The highest BCUT2D eigenvalue weighted by Crippen LogP contribution is 2.13. The highest BCUT2D eigenvalue weighted by Gasteiger charge is 2.19. The maximum atomic E-state index is 12.9. The zero-order valence-electron chi connectivity index (χ0n) is 51.0. The third-order valence-electron chi connectivity index (χ3n) is 12.7. The van der Waals surface area contributed by atoms with E-state index in [2.05, 4.69) is 203 Å². The summed E-state index contributed by atoms with van der Waals surface area (Å²) < 4.78 is 16.8. The van der Waals surface area contributed by atoms with E-state index in [0.29, 0.717) is 19.3 Å². The SMILES string of the molecule is CC/C=C\C/C=C\C/C=C\C/C=C\C/C=C\C/C=C\C/C=C\C/C=C\CCCCC(=O)OCC(COC(=O)CCCCCCCCCCCC)OC(=O)CCCCC/C=C\C/C=C\C/C=C\C/C=C\C/C=C\C/C=C\C/C=C\CC. The van der Waals surface area contributed by atoms with Gasteiger partial charge in [-0.3, -0.25) is 14.4 Å². The second kappa shape index (κ2) is 66.0. The van der Waals surface area contributed by atoms with Gasteiger partial charge in [-0.2, -0.15) is 0 Å². The summed E-state index contributed by atoms with van der Waals surface area (Å²) in [6, 6.07) is 0. The van der Waals surface area contributed by atoms with Crippen molar-refractivity contribution in [3.63, 3.8) is 0 Å². The van der Waals surface area contributed by atoms with E-state index >= 15 is 0 Å². The molecule has 0 aromatic carbocycles. The first-order valence-corrected chi connectivity index (χ1v) is 31.8. The lowest BCUT2D eigenvalue weighted by Crippen LogP contribution is -2.30. The topological polar surface area (TPSA) is 78.9 Å². The van der Waals surface area contributed by atoms with Gasteiger partial charge in [0.05, 0.1) is 0 Å². The van der Waals surface area contributed by atoms with Crippen molar-refractivity contribution in [2.24, 2.45) is 0 Å². The van der Waals surface area contributed by atoms with Crippen LogP contribution in [-0.2, 0) is 28.6 Å². The van der Waals surface area contributed by atoms with Crippen molar-refractivity contribution in [1.29, 1.82) is 0 Å². The van der Waals surface area contributed by atoms with Crippen molar-refractivity contribution < 1.29 is 28.6 Å². The summed E-state index contributed by atoms with van der Waals surface area (Å²) in [6.45, 7) is 6.32. The van der Waals surface area contributed by atoms with E-state index in [1.165, 1.54) is 44.9 Å². The van der Waals surface area contributed by atoms with Crippen LogP contribution in [0.2, 0.25) is 0 Å². The van der Waals surface area contributed by atoms with Crippen molar-refractivity contribution in [2.45, 2.75) is 252 Å². The minimum Gasteiger partial charge on any atom is -0.462 e. The Hall–Kier alpha value is -5.49. The molecule has 0 saturated heterocycles. The van der Waals surface area contributed by atoms with E-state index in [-0.39, 0.29) is 44.0 Å². The highest BCUT2D eigenvalue weighted by molar-refractivity contribution is 5.71. The molecule has 0 rings (SSSR count). The van der Waals surface area contributed by atoms with Crippen molar-refractivity contribution in [3.05, 3.63) is 182 Å². The van der Waals surface area contributed by atoms with Crippen LogP contribution in [0.25, 0.3) is 0 Å². The monoisotopic (exact) mass is 1100 g/mol. The van der Waals surface area contributed by atoms with Gasteiger partial charge in [0.15, 0.2) is 6.10 Å². The van der Waals surface area contributed by atoms with Crippen molar-refractivity contribution in [3.8, 4) is 0 Å². The van der Waals surface area contributed by atoms with Gasteiger partial charge in [-0.05, 0) is 141 Å². The lowest BCUT2D eigenvalue weighted by atomic mass is 10.1. The Morgan fingerprint density at radius 2 is 0.487 bits per heavy atom. The van der Waals surface area contributed by atoms with Crippen molar-refractivity contribution in [1.82, 2.24) is 0 Å². The molecule has 0 radical (unpaired) electrons. The first kappa shape index (κ1) is 74.5. The zero-order chi connectivity index (χ0) is 57.8. The molecule has 6 nitrogen and oxygen atoms in total. The molecule has 446 valence electrons. The Labute approximate surface area is 491 Å². The summed E-state index contributed by atoms with van der Waals surface area (Å²) in [7, 11) is 0. The minimum absolute atomic E-state index is 0.113. The number of hydrogen-bond acceptors (Lipinski definition) is 6.